The summed E-state index contributed by atoms with van der Waals surface area (Å²) in [6.45, 7) is 11.7. The molecule has 0 aliphatic rings. The van der Waals surface area contributed by atoms with Gasteiger partial charge in [-0.1, -0.05) is 26.8 Å². The number of rotatable bonds is 4. The van der Waals surface area contributed by atoms with Crippen LogP contribution in [-0.4, -0.2) is 6.61 Å². The zero-order chi connectivity index (χ0) is 11.4. The fourth-order valence-corrected chi connectivity index (χ4v) is 1.81. The fraction of sp³-hybridized carbons (Fsp3) is 0.571. The highest BCUT2D eigenvalue weighted by atomic mass is 16.5. The lowest BCUT2D eigenvalue weighted by molar-refractivity contribution is 0.315. The lowest BCUT2D eigenvalue weighted by atomic mass is 9.94. The van der Waals surface area contributed by atoms with Crippen molar-refractivity contribution in [3.8, 4) is 5.75 Å². The highest BCUT2D eigenvalue weighted by Gasteiger charge is 2.09. The Balaban J connectivity index is 2.99. The van der Waals surface area contributed by atoms with Gasteiger partial charge < -0.3 is 4.74 Å². The summed E-state index contributed by atoms with van der Waals surface area (Å²) in [5, 5.41) is 0. The van der Waals surface area contributed by atoms with Crippen molar-refractivity contribution in [3.63, 3.8) is 0 Å². The van der Waals surface area contributed by atoms with Gasteiger partial charge in [0.2, 0.25) is 0 Å². The molecular formula is C14H22O. The van der Waals surface area contributed by atoms with Gasteiger partial charge in [-0.05, 0) is 48.9 Å². The largest absolute Gasteiger partial charge is 0.493 e. The maximum Gasteiger partial charge on any atom is 0.122 e. The van der Waals surface area contributed by atoms with Crippen LogP contribution in [0.5, 0.6) is 5.75 Å². The second-order valence-corrected chi connectivity index (χ2v) is 4.41. The number of hydrogen-bond donors (Lipinski definition) is 0. The molecule has 0 bridgehead atoms. The molecule has 0 unspecified atom stereocenters. The molecule has 1 heteroatoms. The van der Waals surface area contributed by atoms with Gasteiger partial charge in [-0.15, -0.1) is 0 Å². The molecule has 0 saturated carbocycles. The maximum absolute atomic E-state index is 5.70. The zero-order valence-corrected chi connectivity index (χ0v) is 10.6. The minimum absolute atomic E-state index is 0.587. The van der Waals surface area contributed by atoms with Crippen molar-refractivity contribution < 1.29 is 4.74 Å². The van der Waals surface area contributed by atoms with Gasteiger partial charge in [0.05, 0.1) is 6.61 Å². The SMILES string of the molecule is CCCOc1ccc(C(C)C)c(C)c1C. The third-order valence-corrected chi connectivity index (χ3v) is 2.86. The van der Waals surface area contributed by atoms with E-state index in [0.29, 0.717) is 5.92 Å². The van der Waals surface area contributed by atoms with Crippen molar-refractivity contribution in [1.29, 1.82) is 0 Å². The minimum atomic E-state index is 0.587. The Morgan fingerprint density at radius 3 is 2.33 bits per heavy atom. The molecule has 0 aliphatic heterocycles. The Labute approximate surface area is 93.5 Å². The normalized spacial score (nSPS) is 10.8. The molecule has 0 aliphatic carbocycles. The molecule has 84 valence electrons. The van der Waals surface area contributed by atoms with E-state index in [-0.39, 0.29) is 0 Å². The quantitative estimate of drug-likeness (QED) is 0.717. The summed E-state index contributed by atoms with van der Waals surface area (Å²) in [6.07, 6.45) is 1.06. The molecule has 1 nitrogen and oxygen atoms in total. The highest BCUT2D eigenvalue weighted by molar-refractivity contribution is 5.44. The molecular weight excluding hydrogens is 184 g/mol. The standard InChI is InChI=1S/C14H22O/c1-6-9-15-14-8-7-13(10(2)3)11(4)12(14)5/h7-8,10H,6,9H2,1-5H3. The van der Waals surface area contributed by atoms with Crippen LogP contribution in [0.1, 0.15) is 49.8 Å². The van der Waals surface area contributed by atoms with E-state index in [2.05, 4.69) is 46.8 Å². The summed E-state index contributed by atoms with van der Waals surface area (Å²) in [6, 6.07) is 4.30. The third-order valence-electron chi connectivity index (χ3n) is 2.86. The monoisotopic (exact) mass is 206 g/mol. The Bertz CT molecular complexity index is 326. The van der Waals surface area contributed by atoms with Gasteiger partial charge in [-0.3, -0.25) is 0 Å². The Hall–Kier alpha value is -0.980. The van der Waals surface area contributed by atoms with Crippen LogP contribution in [0.15, 0.2) is 12.1 Å². The molecule has 0 aromatic heterocycles. The molecule has 0 amide bonds. The van der Waals surface area contributed by atoms with Crippen LogP contribution in [0.3, 0.4) is 0 Å². The smallest absolute Gasteiger partial charge is 0.122 e. The van der Waals surface area contributed by atoms with Crippen LogP contribution in [0, 0.1) is 13.8 Å². The van der Waals surface area contributed by atoms with Crippen LogP contribution in [0.4, 0.5) is 0 Å². The van der Waals surface area contributed by atoms with Gasteiger partial charge in [0.15, 0.2) is 0 Å². The average molecular weight is 206 g/mol. The molecule has 1 aromatic rings. The number of hydrogen-bond acceptors (Lipinski definition) is 1. The van der Waals surface area contributed by atoms with Crippen molar-refractivity contribution in [1.82, 2.24) is 0 Å². The predicted octanol–water partition coefficient (Wildman–Crippen LogP) is 4.22. The molecule has 15 heavy (non-hydrogen) atoms. The first-order chi connectivity index (χ1) is 7.07. The predicted molar refractivity (Wildman–Crippen MR) is 65.8 cm³/mol. The van der Waals surface area contributed by atoms with E-state index < -0.39 is 0 Å². The fourth-order valence-electron chi connectivity index (χ4n) is 1.81. The van der Waals surface area contributed by atoms with Crippen molar-refractivity contribution >= 4 is 0 Å². The van der Waals surface area contributed by atoms with E-state index in [0.717, 1.165) is 18.8 Å². The maximum atomic E-state index is 5.70. The summed E-state index contributed by atoms with van der Waals surface area (Å²) in [4.78, 5) is 0. The van der Waals surface area contributed by atoms with E-state index in [4.69, 9.17) is 4.74 Å². The number of ether oxygens (including phenoxy) is 1. The van der Waals surface area contributed by atoms with Gasteiger partial charge in [0, 0.05) is 0 Å². The van der Waals surface area contributed by atoms with E-state index in [1.807, 2.05) is 0 Å². The third kappa shape index (κ3) is 2.74. The second-order valence-electron chi connectivity index (χ2n) is 4.41. The summed E-state index contributed by atoms with van der Waals surface area (Å²) in [5.41, 5.74) is 4.09. The molecule has 1 rings (SSSR count). The van der Waals surface area contributed by atoms with Gasteiger partial charge in [-0.2, -0.15) is 0 Å². The Morgan fingerprint density at radius 1 is 1.13 bits per heavy atom. The van der Waals surface area contributed by atoms with Gasteiger partial charge >= 0.3 is 0 Å². The lowest BCUT2D eigenvalue weighted by Crippen LogP contribution is -2.01. The van der Waals surface area contributed by atoms with Crippen LogP contribution in [0.2, 0.25) is 0 Å². The van der Waals surface area contributed by atoms with Gasteiger partial charge in [-0.25, -0.2) is 0 Å². The van der Waals surface area contributed by atoms with Crippen LogP contribution in [-0.2, 0) is 0 Å². The molecule has 0 spiro atoms. The summed E-state index contributed by atoms with van der Waals surface area (Å²) in [5.74, 6) is 1.63. The van der Waals surface area contributed by atoms with Crippen molar-refractivity contribution in [2.24, 2.45) is 0 Å². The topological polar surface area (TPSA) is 9.23 Å². The molecule has 1 aromatic carbocycles. The minimum Gasteiger partial charge on any atom is -0.493 e. The van der Waals surface area contributed by atoms with Crippen LogP contribution >= 0.6 is 0 Å². The summed E-state index contributed by atoms with van der Waals surface area (Å²) < 4.78 is 5.70. The number of benzene rings is 1. The molecule has 0 N–H and O–H groups in total. The first-order valence-electron chi connectivity index (χ1n) is 5.80. The lowest BCUT2D eigenvalue weighted by Gasteiger charge is -2.16. The summed E-state index contributed by atoms with van der Waals surface area (Å²) in [7, 11) is 0. The van der Waals surface area contributed by atoms with Crippen molar-refractivity contribution in [2.75, 3.05) is 6.61 Å². The molecule has 0 fully saturated rings. The van der Waals surface area contributed by atoms with Gasteiger partial charge in [0.1, 0.15) is 5.75 Å². The van der Waals surface area contributed by atoms with E-state index >= 15 is 0 Å². The first-order valence-corrected chi connectivity index (χ1v) is 5.80. The zero-order valence-electron chi connectivity index (χ0n) is 10.6. The van der Waals surface area contributed by atoms with Crippen LogP contribution < -0.4 is 4.74 Å². The second kappa shape index (κ2) is 5.20. The molecule has 0 saturated heterocycles. The van der Waals surface area contributed by atoms with Crippen molar-refractivity contribution in [3.05, 3.63) is 28.8 Å². The van der Waals surface area contributed by atoms with Gasteiger partial charge in [0.25, 0.3) is 0 Å². The molecule has 0 radical (unpaired) electrons. The molecule has 0 atom stereocenters. The van der Waals surface area contributed by atoms with Crippen LogP contribution in [0.25, 0.3) is 0 Å². The molecule has 0 heterocycles. The Kier molecular flexibility index (Phi) is 4.19. The van der Waals surface area contributed by atoms with E-state index in [1.165, 1.54) is 16.7 Å². The Morgan fingerprint density at radius 2 is 1.80 bits per heavy atom. The first kappa shape index (κ1) is 12.1. The highest BCUT2D eigenvalue weighted by Crippen LogP contribution is 2.28. The average Bonchev–Trinajstić information content (AvgIpc) is 2.20. The van der Waals surface area contributed by atoms with Crippen molar-refractivity contribution in [2.45, 2.75) is 47.0 Å². The van der Waals surface area contributed by atoms with E-state index in [9.17, 15) is 0 Å². The van der Waals surface area contributed by atoms with E-state index in [1.54, 1.807) is 0 Å². The summed E-state index contributed by atoms with van der Waals surface area (Å²) >= 11 is 0.